The molecule has 2 rings (SSSR count). The Bertz CT molecular complexity index is 658. The second-order valence-corrected chi connectivity index (χ2v) is 4.71. The molecule has 1 amide bonds. The number of hydrogen-bond donors (Lipinski definition) is 1. The SMILES string of the molecule is COc1ccc(CCNC(=O)c2cccc(F)c2)cc1OC. The van der Waals surface area contributed by atoms with Crippen LogP contribution in [0, 0.1) is 5.82 Å². The van der Waals surface area contributed by atoms with E-state index in [1.165, 1.54) is 18.2 Å². The Hall–Kier alpha value is -2.56. The van der Waals surface area contributed by atoms with Crippen molar-refractivity contribution < 1.29 is 18.7 Å². The van der Waals surface area contributed by atoms with Gasteiger partial charge in [0.05, 0.1) is 14.2 Å². The van der Waals surface area contributed by atoms with Crippen molar-refractivity contribution in [3.8, 4) is 11.5 Å². The van der Waals surface area contributed by atoms with E-state index in [-0.39, 0.29) is 5.91 Å². The third-order valence-corrected chi connectivity index (χ3v) is 3.23. The van der Waals surface area contributed by atoms with Crippen LogP contribution in [0.4, 0.5) is 4.39 Å². The van der Waals surface area contributed by atoms with Gasteiger partial charge in [0.25, 0.3) is 5.91 Å². The maximum Gasteiger partial charge on any atom is 0.251 e. The van der Waals surface area contributed by atoms with Crippen LogP contribution in [-0.2, 0) is 6.42 Å². The first-order chi connectivity index (χ1) is 10.6. The third kappa shape index (κ3) is 3.97. The van der Waals surface area contributed by atoms with Crippen LogP contribution in [0.15, 0.2) is 42.5 Å². The van der Waals surface area contributed by atoms with Crippen LogP contribution in [0.25, 0.3) is 0 Å². The van der Waals surface area contributed by atoms with Crippen molar-refractivity contribution in [2.75, 3.05) is 20.8 Å². The summed E-state index contributed by atoms with van der Waals surface area (Å²) in [6.07, 6.45) is 0.640. The van der Waals surface area contributed by atoms with E-state index in [0.29, 0.717) is 30.0 Å². The summed E-state index contributed by atoms with van der Waals surface area (Å²) in [7, 11) is 3.16. The molecule has 2 aromatic carbocycles. The monoisotopic (exact) mass is 303 g/mol. The highest BCUT2D eigenvalue weighted by Gasteiger charge is 2.07. The van der Waals surface area contributed by atoms with Crippen molar-refractivity contribution in [3.05, 3.63) is 59.4 Å². The van der Waals surface area contributed by atoms with Gasteiger partial charge in [0.1, 0.15) is 5.82 Å². The molecule has 0 atom stereocenters. The van der Waals surface area contributed by atoms with Gasteiger partial charge in [0.2, 0.25) is 0 Å². The van der Waals surface area contributed by atoms with Crippen LogP contribution >= 0.6 is 0 Å². The highest BCUT2D eigenvalue weighted by Crippen LogP contribution is 2.27. The fraction of sp³-hybridized carbons (Fsp3) is 0.235. The van der Waals surface area contributed by atoms with Gasteiger partial charge in [-0.05, 0) is 42.3 Å². The molecule has 0 bridgehead atoms. The smallest absolute Gasteiger partial charge is 0.251 e. The summed E-state index contributed by atoms with van der Waals surface area (Å²) in [5.41, 5.74) is 1.32. The van der Waals surface area contributed by atoms with Gasteiger partial charge in [-0.15, -0.1) is 0 Å². The first kappa shape index (κ1) is 15.8. The predicted octanol–water partition coefficient (Wildman–Crippen LogP) is 2.82. The molecule has 0 spiro atoms. The number of rotatable bonds is 6. The van der Waals surface area contributed by atoms with Crippen LogP contribution in [-0.4, -0.2) is 26.7 Å². The maximum atomic E-state index is 13.1. The molecule has 4 nitrogen and oxygen atoms in total. The van der Waals surface area contributed by atoms with Gasteiger partial charge in [0, 0.05) is 12.1 Å². The average molecular weight is 303 g/mol. The van der Waals surface area contributed by atoms with E-state index in [0.717, 1.165) is 5.56 Å². The average Bonchev–Trinajstić information content (AvgIpc) is 2.54. The molecule has 1 N–H and O–H groups in total. The highest BCUT2D eigenvalue weighted by molar-refractivity contribution is 5.94. The molecule has 0 aliphatic heterocycles. The summed E-state index contributed by atoms with van der Waals surface area (Å²) in [5.74, 6) is 0.596. The van der Waals surface area contributed by atoms with Gasteiger partial charge in [-0.1, -0.05) is 12.1 Å². The third-order valence-electron chi connectivity index (χ3n) is 3.23. The van der Waals surface area contributed by atoms with Gasteiger partial charge in [0.15, 0.2) is 11.5 Å². The Balaban J connectivity index is 1.92. The molecule has 0 aliphatic carbocycles. The Kier molecular flexibility index (Phi) is 5.36. The molecule has 0 heterocycles. The largest absolute Gasteiger partial charge is 0.493 e. The number of carbonyl (C=O) groups is 1. The van der Waals surface area contributed by atoms with E-state index >= 15 is 0 Å². The molecule has 0 fully saturated rings. The lowest BCUT2D eigenvalue weighted by molar-refractivity contribution is 0.0953. The molecule has 0 saturated heterocycles. The lowest BCUT2D eigenvalue weighted by atomic mass is 10.1. The van der Waals surface area contributed by atoms with Crippen molar-refractivity contribution in [1.82, 2.24) is 5.32 Å². The van der Waals surface area contributed by atoms with E-state index in [1.807, 2.05) is 18.2 Å². The quantitative estimate of drug-likeness (QED) is 0.892. The van der Waals surface area contributed by atoms with Gasteiger partial charge in [-0.25, -0.2) is 4.39 Å². The number of hydrogen-bond acceptors (Lipinski definition) is 3. The number of halogens is 1. The van der Waals surface area contributed by atoms with Crippen LogP contribution in [0.2, 0.25) is 0 Å². The van der Waals surface area contributed by atoms with Crippen molar-refractivity contribution in [3.63, 3.8) is 0 Å². The molecule has 0 radical (unpaired) electrons. The number of methoxy groups -OCH3 is 2. The van der Waals surface area contributed by atoms with Crippen LogP contribution in [0.3, 0.4) is 0 Å². The Morgan fingerprint density at radius 3 is 2.55 bits per heavy atom. The summed E-state index contributed by atoms with van der Waals surface area (Å²) < 4.78 is 23.5. The summed E-state index contributed by atoms with van der Waals surface area (Å²) in [6.45, 7) is 0.449. The van der Waals surface area contributed by atoms with Crippen LogP contribution in [0.5, 0.6) is 11.5 Å². The van der Waals surface area contributed by atoms with Crippen molar-refractivity contribution in [1.29, 1.82) is 0 Å². The fourth-order valence-corrected chi connectivity index (χ4v) is 2.09. The molecular formula is C17H18FNO3. The zero-order valence-electron chi connectivity index (χ0n) is 12.6. The van der Waals surface area contributed by atoms with E-state index < -0.39 is 5.82 Å². The molecule has 0 saturated carbocycles. The van der Waals surface area contributed by atoms with E-state index in [2.05, 4.69) is 5.32 Å². The minimum Gasteiger partial charge on any atom is -0.493 e. The van der Waals surface area contributed by atoms with E-state index in [1.54, 1.807) is 20.3 Å². The highest BCUT2D eigenvalue weighted by atomic mass is 19.1. The first-order valence-corrected chi connectivity index (χ1v) is 6.88. The van der Waals surface area contributed by atoms with E-state index in [9.17, 15) is 9.18 Å². The number of benzene rings is 2. The van der Waals surface area contributed by atoms with Crippen LogP contribution in [0.1, 0.15) is 15.9 Å². The van der Waals surface area contributed by atoms with Gasteiger partial charge in [-0.3, -0.25) is 4.79 Å². The Morgan fingerprint density at radius 2 is 1.86 bits per heavy atom. The second-order valence-electron chi connectivity index (χ2n) is 4.71. The zero-order valence-corrected chi connectivity index (χ0v) is 12.6. The zero-order chi connectivity index (χ0) is 15.9. The molecule has 116 valence electrons. The van der Waals surface area contributed by atoms with Crippen molar-refractivity contribution in [2.45, 2.75) is 6.42 Å². The molecular weight excluding hydrogens is 285 g/mol. The Labute approximate surface area is 128 Å². The molecule has 2 aromatic rings. The summed E-state index contributed by atoms with van der Waals surface area (Å²) in [4.78, 5) is 11.9. The van der Waals surface area contributed by atoms with Gasteiger partial charge in [-0.2, -0.15) is 0 Å². The number of carbonyl (C=O) groups excluding carboxylic acids is 1. The second kappa shape index (κ2) is 7.45. The number of nitrogens with one attached hydrogen (secondary N) is 1. The minimum absolute atomic E-state index is 0.292. The lowest BCUT2D eigenvalue weighted by Gasteiger charge is -2.10. The van der Waals surface area contributed by atoms with E-state index in [4.69, 9.17) is 9.47 Å². The van der Waals surface area contributed by atoms with Crippen LogP contribution < -0.4 is 14.8 Å². The van der Waals surface area contributed by atoms with Crippen molar-refractivity contribution in [2.24, 2.45) is 0 Å². The predicted molar refractivity (Wildman–Crippen MR) is 82.0 cm³/mol. The normalized spacial score (nSPS) is 10.1. The van der Waals surface area contributed by atoms with Gasteiger partial charge < -0.3 is 14.8 Å². The minimum atomic E-state index is -0.424. The standard InChI is InChI=1S/C17H18FNO3/c1-21-15-7-6-12(10-16(15)22-2)8-9-19-17(20)13-4-3-5-14(18)11-13/h3-7,10-11H,8-9H2,1-2H3,(H,19,20). The Morgan fingerprint density at radius 1 is 1.09 bits per heavy atom. The molecule has 0 unspecified atom stereocenters. The van der Waals surface area contributed by atoms with Gasteiger partial charge >= 0.3 is 0 Å². The molecule has 0 aromatic heterocycles. The fourth-order valence-electron chi connectivity index (χ4n) is 2.09. The summed E-state index contributed by atoms with van der Waals surface area (Å²) >= 11 is 0. The molecule has 22 heavy (non-hydrogen) atoms. The molecule has 0 aliphatic rings. The number of ether oxygens (including phenoxy) is 2. The first-order valence-electron chi connectivity index (χ1n) is 6.88. The van der Waals surface area contributed by atoms with Crippen molar-refractivity contribution >= 4 is 5.91 Å². The summed E-state index contributed by atoms with van der Waals surface area (Å²) in [5, 5.41) is 2.76. The topological polar surface area (TPSA) is 47.6 Å². The maximum absolute atomic E-state index is 13.1. The lowest BCUT2D eigenvalue weighted by Crippen LogP contribution is -2.25. The number of amides is 1. The summed E-state index contributed by atoms with van der Waals surface area (Å²) in [6, 6.07) is 11.2. The molecule has 5 heteroatoms.